The Kier molecular flexibility index (Phi) is 4.59. The van der Waals surface area contributed by atoms with Crippen molar-refractivity contribution < 1.29 is 9.53 Å². The Balaban J connectivity index is 1.96. The fourth-order valence-corrected chi connectivity index (χ4v) is 3.58. The maximum atomic E-state index is 12.4. The van der Waals surface area contributed by atoms with Gasteiger partial charge in [0.05, 0.1) is 6.61 Å². The molecule has 0 fully saturated rings. The molecule has 2 aromatic carbocycles. The molecular formula is C22H27NO2. The highest BCUT2D eigenvalue weighted by atomic mass is 16.5. The van der Waals surface area contributed by atoms with Crippen LogP contribution < -0.4 is 10.1 Å². The topological polar surface area (TPSA) is 38.3 Å². The molecule has 2 aromatic rings. The second-order valence-electron chi connectivity index (χ2n) is 8.17. The Morgan fingerprint density at radius 2 is 1.88 bits per heavy atom. The average Bonchev–Trinajstić information content (AvgIpc) is 2.94. The van der Waals surface area contributed by atoms with Crippen molar-refractivity contribution >= 4 is 11.6 Å². The van der Waals surface area contributed by atoms with E-state index in [2.05, 4.69) is 63.3 Å². The lowest BCUT2D eigenvalue weighted by molar-refractivity contribution is -0.117. The summed E-state index contributed by atoms with van der Waals surface area (Å²) in [6.07, 6.45) is 0.502. The molecule has 132 valence electrons. The van der Waals surface area contributed by atoms with Crippen LogP contribution in [0, 0.1) is 19.3 Å². The minimum Gasteiger partial charge on any atom is -0.492 e. The monoisotopic (exact) mass is 337 g/mol. The largest absolute Gasteiger partial charge is 0.492 e. The van der Waals surface area contributed by atoms with Gasteiger partial charge in [0.25, 0.3) is 0 Å². The molecule has 0 saturated heterocycles. The van der Waals surface area contributed by atoms with Crippen LogP contribution in [0.5, 0.6) is 5.75 Å². The van der Waals surface area contributed by atoms with Crippen LogP contribution >= 0.6 is 0 Å². The molecule has 1 aliphatic rings. The zero-order chi connectivity index (χ0) is 18.2. The van der Waals surface area contributed by atoms with Gasteiger partial charge in [-0.15, -0.1) is 0 Å². The number of fused-ring (bicyclic) bond motifs is 1. The fraction of sp³-hybridized carbons (Fsp3) is 0.409. The van der Waals surface area contributed by atoms with Crippen molar-refractivity contribution in [2.75, 3.05) is 11.9 Å². The molecule has 0 aromatic heterocycles. The molecule has 1 unspecified atom stereocenters. The van der Waals surface area contributed by atoms with Gasteiger partial charge in [0.2, 0.25) is 5.91 Å². The first-order chi connectivity index (χ1) is 11.8. The summed E-state index contributed by atoms with van der Waals surface area (Å²) >= 11 is 0. The standard InChI is InChI=1S/C22H27NO2/c1-14-11-18-20(17(13-25-18)16-9-7-6-8-10-16)15(2)21(14)23-19(24)12-22(3,4)5/h6-11,17H,12-13H2,1-5H3,(H,23,24). The van der Waals surface area contributed by atoms with Crippen molar-refractivity contribution in [3.8, 4) is 5.75 Å². The lowest BCUT2D eigenvalue weighted by atomic mass is 9.88. The number of ether oxygens (including phenoxy) is 1. The third-order valence-corrected chi connectivity index (χ3v) is 4.70. The van der Waals surface area contributed by atoms with Crippen LogP contribution in [-0.2, 0) is 4.79 Å². The molecule has 1 atom stereocenters. The van der Waals surface area contributed by atoms with Gasteiger partial charge in [0.1, 0.15) is 5.75 Å². The highest BCUT2D eigenvalue weighted by Crippen LogP contribution is 2.44. The summed E-state index contributed by atoms with van der Waals surface area (Å²) in [5, 5.41) is 3.14. The first-order valence-electron chi connectivity index (χ1n) is 8.88. The number of aryl methyl sites for hydroxylation is 1. The molecule has 0 bridgehead atoms. The number of benzene rings is 2. The van der Waals surface area contributed by atoms with E-state index in [4.69, 9.17) is 4.74 Å². The lowest BCUT2D eigenvalue weighted by Crippen LogP contribution is -2.21. The van der Waals surface area contributed by atoms with Crippen molar-refractivity contribution in [3.63, 3.8) is 0 Å². The number of amides is 1. The van der Waals surface area contributed by atoms with Crippen molar-refractivity contribution in [1.29, 1.82) is 0 Å². The maximum absolute atomic E-state index is 12.4. The quantitative estimate of drug-likeness (QED) is 0.835. The lowest BCUT2D eigenvalue weighted by Gasteiger charge is -2.21. The van der Waals surface area contributed by atoms with Gasteiger partial charge in [0, 0.05) is 23.6 Å². The van der Waals surface area contributed by atoms with Gasteiger partial charge in [-0.3, -0.25) is 4.79 Å². The molecule has 3 rings (SSSR count). The van der Waals surface area contributed by atoms with E-state index < -0.39 is 0 Å². The van der Waals surface area contributed by atoms with E-state index in [0.29, 0.717) is 13.0 Å². The third-order valence-electron chi connectivity index (χ3n) is 4.70. The third kappa shape index (κ3) is 3.71. The van der Waals surface area contributed by atoms with Crippen LogP contribution in [0.1, 0.15) is 55.4 Å². The van der Waals surface area contributed by atoms with Gasteiger partial charge in [-0.25, -0.2) is 0 Å². The summed E-state index contributed by atoms with van der Waals surface area (Å²) in [5.41, 5.74) is 5.51. The molecule has 0 spiro atoms. The van der Waals surface area contributed by atoms with E-state index in [1.54, 1.807) is 0 Å². The zero-order valence-electron chi connectivity index (χ0n) is 15.8. The SMILES string of the molecule is Cc1cc2c(c(C)c1NC(=O)CC(C)(C)C)C(c1ccccc1)CO2. The number of hydrogen-bond acceptors (Lipinski definition) is 2. The number of nitrogens with one attached hydrogen (secondary N) is 1. The predicted molar refractivity (Wildman–Crippen MR) is 102 cm³/mol. The highest BCUT2D eigenvalue weighted by molar-refractivity contribution is 5.93. The van der Waals surface area contributed by atoms with E-state index in [-0.39, 0.29) is 17.2 Å². The normalized spacial score (nSPS) is 16.3. The van der Waals surface area contributed by atoms with Gasteiger partial charge in [-0.2, -0.15) is 0 Å². The Morgan fingerprint density at radius 3 is 2.52 bits per heavy atom. The van der Waals surface area contributed by atoms with E-state index in [1.165, 1.54) is 11.1 Å². The van der Waals surface area contributed by atoms with E-state index >= 15 is 0 Å². The Hall–Kier alpha value is -2.29. The molecule has 1 amide bonds. The predicted octanol–water partition coefficient (Wildman–Crippen LogP) is 5.20. The molecule has 0 saturated carbocycles. The summed E-state index contributed by atoms with van der Waals surface area (Å²) in [6.45, 7) is 11.0. The van der Waals surface area contributed by atoms with Crippen molar-refractivity contribution in [1.82, 2.24) is 0 Å². The second kappa shape index (κ2) is 6.55. The van der Waals surface area contributed by atoms with Gasteiger partial charge in [-0.1, -0.05) is 51.1 Å². The first kappa shape index (κ1) is 17.5. The molecule has 1 N–H and O–H groups in total. The number of rotatable bonds is 3. The minimum atomic E-state index is -0.0295. The average molecular weight is 337 g/mol. The Labute approximate surface area is 150 Å². The molecular weight excluding hydrogens is 310 g/mol. The van der Waals surface area contributed by atoms with E-state index in [0.717, 1.165) is 22.6 Å². The van der Waals surface area contributed by atoms with Gasteiger partial charge in [0.15, 0.2) is 0 Å². The Morgan fingerprint density at radius 1 is 1.20 bits per heavy atom. The zero-order valence-corrected chi connectivity index (χ0v) is 15.8. The molecule has 1 heterocycles. The number of hydrogen-bond donors (Lipinski definition) is 1. The summed E-state index contributed by atoms with van der Waals surface area (Å²) in [6, 6.07) is 12.5. The number of carbonyl (C=O) groups excluding carboxylic acids is 1. The fourth-order valence-electron chi connectivity index (χ4n) is 3.58. The smallest absolute Gasteiger partial charge is 0.224 e. The van der Waals surface area contributed by atoms with Gasteiger partial charge >= 0.3 is 0 Å². The van der Waals surface area contributed by atoms with Crippen molar-refractivity contribution in [2.45, 2.75) is 47.0 Å². The van der Waals surface area contributed by atoms with Gasteiger partial charge in [-0.05, 0) is 42.0 Å². The van der Waals surface area contributed by atoms with Crippen molar-refractivity contribution in [3.05, 3.63) is 58.7 Å². The summed E-state index contributed by atoms with van der Waals surface area (Å²) in [7, 11) is 0. The summed E-state index contributed by atoms with van der Waals surface area (Å²) < 4.78 is 5.96. The molecule has 3 nitrogen and oxygen atoms in total. The van der Waals surface area contributed by atoms with Crippen LogP contribution in [0.2, 0.25) is 0 Å². The number of carbonyl (C=O) groups is 1. The minimum absolute atomic E-state index is 0.0295. The molecule has 0 aliphatic carbocycles. The van der Waals surface area contributed by atoms with Crippen LogP contribution in [0.4, 0.5) is 5.69 Å². The first-order valence-corrected chi connectivity index (χ1v) is 8.88. The second-order valence-corrected chi connectivity index (χ2v) is 8.17. The molecule has 25 heavy (non-hydrogen) atoms. The van der Waals surface area contributed by atoms with Crippen molar-refractivity contribution in [2.24, 2.45) is 5.41 Å². The number of anilines is 1. The molecule has 1 aliphatic heterocycles. The van der Waals surface area contributed by atoms with E-state index in [9.17, 15) is 4.79 Å². The summed E-state index contributed by atoms with van der Waals surface area (Å²) in [4.78, 5) is 12.4. The molecule has 3 heteroatoms. The Bertz CT molecular complexity index is 788. The maximum Gasteiger partial charge on any atom is 0.224 e. The summed E-state index contributed by atoms with van der Waals surface area (Å²) in [5.74, 6) is 1.22. The van der Waals surface area contributed by atoms with Crippen LogP contribution in [0.3, 0.4) is 0 Å². The molecule has 0 radical (unpaired) electrons. The van der Waals surface area contributed by atoms with Crippen LogP contribution in [0.15, 0.2) is 36.4 Å². The van der Waals surface area contributed by atoms with Gasteiger partial charge < -0.3 is 10.1 Å². The van der Waals surface area contributed by atoms with Crippen LogP contribution in [-0.4, -0.2) is 12.5 Å². The van der Waals surface area contributed by atoms with E-state index in [1.807, 2.05) is 13.0 Å². The van der Waals surface area contributed by atoms with Crippen LogP contribution in [0.25, 0.3) is 0 Å². The highest BCUT2D eigenvalue weighted by Gasteiger charge is 2.30.